The molecule has 0 saturated carbocycles. The lowest BCUT2D eigenvalue weighted by Gasteiger charge is -2.38. The molecule has 2 fully saturated rings. The molecule has 2 aliphatic rings. The van der Waals surface area contributed by atoms with Crippen LogP contribution in [0.25, 0.3) is 6.08 Å². The molecule has 2 aromatic rings. The Morgan fingerprint density at radius 3 is 2.29 bits per heavy atom. The second-order valence-corrected chi connectivity index (χ2v) is 8.78. The number of hydrogen-bond donors (Lipinski definition) is 2. The Bertz CT molecular complexity index is 1090. The molecule has 2 aliphatic heterocycles. The van der Waals surface area contributed by atoms with E-state index in [1.807, 2.05) is 0 Å². The van der Waals surface area contributed by atoms with Gasteiger partial charge in [0.15, 0.2) is 0 Å². The van der Waals surface area contributed by atoms with E-state index in [9.17, 15) is 22.8 Å². The number of alkyl halides is 3. The lowest BCUT2D eigenvalue weighted by Crippen LogP contribution is -2.50. The average Bonchev–Trinajstić information content (AvgIpc) is 3.04. The molecule has 34 heavy (non-hydrogen) atoms. The van der Waals surface area contributed by atoms with Gasteiger partial charge in [-0.05, 0) is 60.9 Å². The highest BCUT2D eigenvalue weighted by atomic mass is 35.5. The Morgan fingerprint density at radius 2 is 1.74 bits per heavy atom. The summed E-state index contributed by atoms with van der Waals surface area (Å²) in [5.41, 5.74) is 0.169. The fourth-order valence-electron chi connectivity index (χ4n) is 4.55. The van der Waals surface area contributed by atoms with Crippen LogP contribution in [0.1, 0.15) is 36.8 Å². The van der Waals surface area contributed by atoms with E-state index in [1.165, 1.54) is 18.2 Å². The normalized spacial score (nSPS) is 22.1. The molecule has 10 heteroatoms. The molecule has 2 N–H and O–H groups in total. The van der Waals surface area contributed by atoms with Crippen molar-refractivity contribution < 1.29 is 32.6 Å². The maximum Gasteiger partial charge on any atom is 0.416 e. The van der Waals surface area contributed by atoms with Crippen LogP contribution in [0.15, 0.2) is 48.5 Å². The van der Waals surface area contributed by atoms with Crippen LogP contribution in [-0.4, -0.2) is 40.2 Å². The number of hydrogen-bond acceptors (Lipinski definition) is 3. The number of aliphatic carboxylic acids is 1. The number of benzene rings is 2. The third kappa shape index (κ3) is 5.47. The fraction of sp³-hybridized carbons (Fsp3) is 0.333. The van der Waals surface area contributed by atoms with Gasteiger partial charge in [-0.3, -0.25) is 0 Å². The number of carbonyl (C=O) groups excluding carboxylic acids is 1. The number of carboxylic acids is 1. The van der Waals surface area contributed by atoms with Crippen LogP contribution < -0.4 is 10.1 Å². The van der Waals surface area contributed by atoms with E-state index in [4.69, 9.17) is 21.4 Å². The van der Waals surface area contributed by atoms with E-state index in [1.54, 1.807) is 23.1 Å². The molecular formula is C24H22ClF3N2O4. The molecule has 2 aromatic carbocycles. The van der Waals surface area contributed by atoms with Gasteiger partial charge in [-0.1, -0.05) is 17.7 Å². The molecule has 4 rings (SSSR count). The predicted molar refractivity (Wildman–Crippen MR) is 121 cm³/mol. The number of ether oxygens (including phenoxy) is 1. The summed E-state index contributed by atoms with van der Waals surface area (Å²) in [6.07, 6.45) is 0.728. The molecule has 0 aliphatic carbocycles. The molecule has 2 heterocycles. The monoisotopic (exact) mass is 494 g/mol. The highest BCUT2D eigenvalue weighted by Gasteiger charge is 2.44. The number of anilines is 1. The topological polar surface area (TPSA) is 78.9 Å². The van der Waals surface area contributed by atoms with Crippen LogP contribution >= 0.6 is 11.6 Å². The number of piperidine rings is 1. The summed E-state index contributed by atoms with van der Waals surface area (Å²) in [6, 6.07) is 8.97. The number of amides is 2. The summed E-state index contributed by atoms with van der Waals surface area (Å²) in [5, 5.41) is 11.8. The molecule has 0 spiro atoms. The van der Waals surface area contributed by atoms with Gasteiger partial charge in [-0.25, -0.2) is 9.59 Å². The van der Waals surface area contributed by atoms with Crippen LogP contribution in [0.4, 0.5) is 23.7 Å². The predicted octanol–water partition coefficient (Wildman–Crippen LogP) is 6.06. The molecule has 2 bridgehead atoms. The number of nitrogens with one attached hydrogen (secondary N) is 1. The van der Waals surface area contributed by atoms with Crippen molar-refractivity contribution >= 4 is 35.4 Å². The second-order valence-electron chi connectivity index (χ2n) is 8.37. The van der Waals surface area contributed by atoms with Crippen molar-refractivity contribution in [3.05, 3.63) is 64.7 Å². The zero-order valence-electron chi connectivity index (χ0n) is 17.9. The third-order valence-corrected chi connectivity index (χ3v) is 6.35. The van der Waals surface area contributed by atoms with Gasteiger partial charge in [0.1, 0.15) is 11.9 Å². The quantitative estimate of drug-likeness (QED) is 0.495. The summed E-state index contributed by atoms with van der Waals surface area (Å²) >= 11 is 6.31. The average molecular weight is 495 g/mol. The largest absolute Gasteiger partial charge is 0.489 e. The van der Waals surface area contributed by atoms with Crippen LogP contribution in [0.2, 0.25) is 5.02 Å². The molecule has 2 atom stereocenters. The van der Waals surface area contributed by atoms with Crippen molar-refractivity contribution in [1.29, 1.82) is 0 Å². The van der Waals surface area contributed by atoms with Crippen molar-refractivity contribution in [2.45, 2.75) is 50.0 Å². The molecular weight excluding hydrogens is 473 g/mol. The summed E-state index contributed by atoms with van der Waals surface area (Å²) in [7, 11) is 0. The van der Waals surface area contributed by atoms with Crippen molar-refractivity contribution in [2.24, 2.45) is 0 Å². The summed E-state index contributed by atoms with van der Waals surface area (Å²) < 4.78 is 44.3. The first-order chi connectivity index (χ1) is 16.1. The zero-order chi connectivity index (χ0) is 24.5. The summed E-state index contributed by atoms with van der Waals surface area (Å²) in [4.78, 5) is 25.3. The van der Waals surface area contributed by atoms with Crippen LogP contribution in [-0.2, 0) is 11.0 Å². The first-order valence-electron chi connectivity index (χ1n) is 10.7. The number of carboxylic acid groups (broad SMARTS) is 1. The Hall–Kier alpha value is -3.20. The smallest absolute Gasteiger partial charge is 0.416 e. The van der Waals surface area contributed by atoms with Crippen LogP contribution in [0.5, 0.6) is 5.75 Å². The minimum atomic E-state index is -4.43. The molecule has 180 valence electrons. The lowest BCUT2D eigenvalue weighted by atomic mass is 10.00. The number of fused-ring (bicyclic) bond motifs is 2. The highest BCUT2D eigenvalue weighted by molar-refractivity contribution is 6.32. The highest BCUT2D eigenvalue weighted by Crippen LogP contribution is 2.39. The van der Waals surface area contributed by atoms with Crippen molar-refractivity contribution in [3.63, 3.8) is 0 Å². The SMILES string of the molecule is O=C(O)/C=C/c1ccc(OC2C[C@@H]3CC[C@@H](C2)N3C(=O)Nc2ccc(C(F)(F)F)cc2)c(Cl)c1. The van der Waals surface area contributed by atoms with E-state index in [-0.39, 0.29) is 24.2 Å². The van der Waals surface area contributed by atoms with E-state index in [2.05, 4.69) is 5.32 Å². The molecule has 0 aromatic heterocycles. The van der Waals surface area contributed by atoms with Gasteiger partial charge in [0.25, 0.3) is 0 Å². The first-order valence-corrected chi connectivity index (χ1v) is 11.1. The Morgan fingerprint density at radius 1 is 1.09 bits per heavy atom. The summed E-state index contributed by atoms with van der Waals surface area (Å²) in [5.74, 6) is -0.567. The standard InChI is InChI=1S/C24H22ClF3N2O4/c25-20-11-14(2-10-22(31)32)1-9-21(20)34-19-12-17-7-8-18(13-19)30(17)23(33)29-16-5-3-15(4-6-16)24(26,27)28/h1-6,9-11,17-19H,7-8,12-13H2,(H,29,33)(H,31,32)/b10-2+/t17-,18-/m0/s1. The fourth-order valence-corrected chi connectivity index (χ4v) is 4.78. The van der Waals surface area contributed by atoms with Gasteiger partial charge in [0.2, 0.25) is 0 Å². The van der Waals surface area contributed by atoms with E-state index >= 15 is 0 Å². The van der Waals surface area contributed by atoms with Crippen molar-refractivity contribution in [1.82, 2.24) is 4.90 Å². The first kappa shape index (κ1) is 23.9. The van der Waals surface area contributed by atoms with E-state index in [0.29, 0.717) is 34.9 Å². The van der Waals surface area contributed by atoms with Gasteiger partial charge in [0, 0.05) is 36.7 Å². The van der Waals surface area contributed by atoms with Gasteiger partial charge >= 0.3 is 18.2 Å². The number of halogens is 4. The van der Waals surface area contributed by atoms with Crippen molar-refractivity contribution in [2.75, 3.05) is 5.32 Å². The second kappa shape index (κ2) is 9.58. The van der Waals surface area contributed by atoms with E-state index in [0.717, 1.165) is 31.1 Å². The Labute approximate surface area is 199 Å². The minimum absolute atomic E-state index is 0.0465. The molecule has 2 amide bonds. The maximum absolute atomic E-state index is 12.9. The summed E-state index contributed by atoms with van der Waals surface area (Å²) in [6.45, 7) is 0. The van der Waals surface area contributed by atoms with Crippen LogP contribution in [0, 0.1) is 0 Å². The van der Waals surface area contributed by atoms with Crippen LogP contribution in [0.3, 0.4) is 0 Å². The van der Waals surface area contributed by atoms with Gasteiger partial charge in [0.05, 0.1) is 10.6 Å². The molecule has 2 saturated heterocycles. The van der Waals surface area contributed by atoms with Gasteiger partial charge < -0.3 is 20.1 Å². The lowest BCUT2D eigenvalue weighted by molar-refractivity contribution is -0.137. The Balaban J connectivity index is 1.37. The maximum atomic E-state index is 12.9. The Kier molecular flexibility index (Phi) is 6.74. The number of carbonyl (C=O) groups is 2. The van der Waals surface area contributed by atoms with Crippen molar-refractivity contribution in [3.8, 4) is 5.75 Å². The van der Waals surface area contributed by atoms with Gasteiger partial charge in [-0.2, -0.15) is 13.2 Å². The third-order valence-electron chi connectivity index (χ3n) is 6.06. The molecule has 6 nitrogen and oxygen atoms in total. The molecule has 0 radical (unpaired) electrons. The van der Waals surface area contributed by atoms with E-state index < -0.39 is 17.7 Å². The van der Waals surface area contributed by atoms with Gasteiger partial charge in [-0.15, -0.1) is 0 Å². The number of nitrogens with zero attached hydrogens (tertiary/aromatic N) is 1. The number of rotatable bonds is 5. The minimum Gasteiger partial charge on any atom is -0.489 e. The molecule has 0 unspecified atom stereocenters. The number of urea groups is 1. The zero-order valence-corrected chi connectivity index (χ0v) is 18.6.